The maximum absolute atomic E-state index is 16.1. The quantitative estimate of drug-likeness (QED) is 0.375. The summed E-state index contributed by atoms with van der Waals surface area (Å²) in [5.41, 5.74) is -0.462. The fourth-order valence-corrected chi connectivity index (χ4v) is 6.03. The van der Waals surface area contributed by atoms with Crippen molar-refractivity contribution in [2.24, 2.45) is 0 Å². The number of halogens is 3. The number of piperidine rings is 1. The van der Waals surface area contributed by atoms with Crippen molar-refractivity contribution in [3.63, 3.8) is 0 Å². The molecule has 3 atom stereocenters. The summed E-state index contributed by atoms with van der Waals surface area (Å²) in [6.07, 6.45) is 0.399. The number of carboxylic acids is 1. The van der Waals surface area contributed by atoms with Gasteiger partial charge in [0.15, 0.2) is 16.6 Å². The Labute approximate surface area is 239 Å². The minimum atomic E-state index is -1.99. The van der Waals surface area contributed by atoms with Crippen LogP contribution in [0.3, 0.4) is 0 Å². The molecule has 3 unspecified atom stereocenters. The fraction of sp³-hybridized carbons (Fsp3) is 0.517. The molecule has 1 amide bonds. The van der Waals surface area contributed by atoms with Gasteiger partial charge in [-0.2, -0.15) is 0 Å². The van der Waals surface area contributed by atoms with Crippen LogP contribution in [0.2, 0.25) is 0 Å². The van der Waals surface area contributed by atoms with Crippen molar-refractivity contribution in [1.29, 1.82) is 0 Å². The van der Waals surface area contributed by atoms with Gasteiger partial charge in [0, 0.05) is 23.7 Å². The van der Waals surface area contributed by atoms with Crippen LogP contribution in [0.1, 0.15) is 58.4 Å². The van der Waals surface area contributed by atoms with Crippen LogP contribution in [0.5, 0.6) is 5.75 Å². The van der Waals surface area contributed by atoms with Gasteiger partial charge in [-0.05, 0) is 64.5 Å². The molecular formula is C29H35F3N2O6S. The van der Waals surface area contributed by atoms with Gasteiger partial charge in [0.1, 0.15) is 22.4 Å². The minimum absolute atomic E-state index is 0.0163. The monoisotopic (exact) mass is 596 g/mol. The van der Waals surface area contributed by atoms with Gasteiger partial charge in [-0.3, -0.25) is 4.79 Å². The minimum Gasteiger partial charge on any atom is -0.489 e. The Bertz CT molecular complexity index is 1310. The zero-order valence-corrected chi connectivity index (χ0v) is 24.1. The highest BCUT2D eigenvalue weighted by Crippen LogP contribution is 2.43. The number of likely N-dealkylation sites (tertiary alicyclic amines) is 1. The van der Waals surface area contributed by atoms with Crippen LogP contribution < -0.4 is 9.46 Å². The van der Waals surface area contributed by atoms with Gasteiger partial charge in [0.25, 0.3) is 0 Å². The van der Waals surface area contributed by atoms with Gasteiger partial charge < -0.3 is 19.5 Å². The number of alkyl halides is 1. The average molecular weight is 597 g/mol. The number of ether oxygens (including phenoxy) is 2. The van der Waals surface area contributed by atoms with Crippen molar-refractivity contribution in [2.45, 2.75) is 82.0 Å². The standard InChI is InChI=1S/C29H35F3N2O6S/c1-28(2,3)40-27(37)34-15-6-11-22(33-41(38)29(32)13-14-29)23(34)17-18-7-4-8-19(25(18)31)20-9-5-10-21(30)26(20)39-16-12-24(35)36/h4-5,7-10,22-23,33H,6,11-17H2,1-3H3,(H,35,36). The number of para-hydroxylation sites is 1. The van der Waals surface area contributed by atoms with Gasteiger partial charge in [-0.1, -0.05) is 30.3 Å². The molecule has 2 N–H and O–H groups in total. The highest BCUT2D eigenvalue weighted by Gasteiger charge is 2.51. The summed E-state index contributed by atoms with van der Waals surface area (Å²) in [6, 6.07) is 7.26. The van der Waals surface area contributed by atoms with Crippen molar-refractivity contribution >= 4 is 23.0 Å². The van der Waals surface area contributed by atoms with E-state index in [1.54, 1.807) is 26.8 Å². The van der Waals surface area contributed by atoms with Crippen molar-refractivity contribution in [3.8, 4) is 16.9 Å². The Morgan fingerprint density at radius 3 is 2.49 bits per heavy atom. The summed E-state index contributed by atoms with van der Waals surface area (Å²) in [5, 5.41) is 7.11. The van der Waals surface area contributed by atoms with E-state index in [2.05, 4.69) is 4.72 Å². The van der Waals surface area contributed by atoms with Gasteiger partial charge in [-0.25, -0.2) is 26.9 Å². The maximum Gasteiger partial charge on any atom is 0.410 e. The van der Waals surface area contributed by atoms with Crippen LogP contribution in [0.4, 0.5) is 18.0 Å². The Morgan fingerprint density at radius 2 is 1.83 bits per heavy atom. The molecule has 12 heteroatoms. The third-order valence-electron chi connectivity index (χ3n) is 6.97. The van der Waals surface area contributed by atoms with Crippen LogP contribution in [-0.4, -0.2) is 62.1 Å². The van der Waals surface area contributed by atoms with Crippen LogP contribution in [0.15, 0.2) is 36.4 Å². The SMILES string of the molecule is CC(C)(C)OC(=O)N1CCCC(NS(=O)C2(F)CC2)C1Cc1cccc(-c2cccc(F)c2OCCC(=O)O)c1F. The van der Waals surface area contributed by atoms with Crippen molar-refractivity contribution in [1.82, 2.24) is 9.62 Å². The third kappa shape index (κ3) is 7.59. The second kappa shape index (κ2) is 12.4. The number of rotatable bonds is 10. The molecule has 1 saturated heterocycles. The van der Waals surface area contributed by atoms with Gasteiger partial charge in [-0.15, -0.1) is 0 Å². The van der Waals surface area contributed by atoms with Gasteiger partial charge in [0.05, 0.1) is 19.1 Å². The molecule has 2 aliphatic rings. The fourth-order valence-electron chi connectivity index (χ4n) is 4.80. The molecule has 0 spiro atoms. The Morgan fingerprint density at radius 1 is 1.15 bits per heavy atom. The molecule has 1 heterocycles. The summed E-state index contributed by atoms with van der Waals surface area (Å²) in [6.45, 7) is 5.20. The maximum atomic E-state index is 16.1. The number of carbonyl (C=O) groups is 2. The molecule has 2 aromatic carbocycles. The zero-order chi connectivity index (χ0) is 29.9. The highest BCUT2D eigenvalue weighted by atomic mass is 32.2. The summed E-state index contributed by atoms with van der Waals surface area (Å²) >= 11 is 0. The lowest BCUT2D eigenvalue weighted by atomic mass is 9.90. The molecule has 0 bridgehead atoms. The van der Waals surface area contributed by atoms with E-state index in [1.165, 1.54) is 29.2 Å². The Hall–Kier alpha value is -3.12. The highest BCUT2D eigenvalue weighted by molar-refractivity contribution is 7.84. The molecule has 0 aromatic heterocycles. The molecule has 1 aliphatic carbocycles. The number of benzene rings is 2. The predicted octanol–water partition coefficient (Wildman–Crippen LogP) is 5.51. The van der Waals surface area contributed by atoms with Crippen LogP contribution in [-0.2, 0) is 26.9 Å². The van der Waals surface area contributed by atoms with Crippen LogP contribution in [0, 0.1) is 11.6 Å². The second-order valence-electron chi connectivity index (χ2n) is 11.4. The molecule has 0 radical (unpaired) electrons. The van der Waals surface area contributed by atoms with E-state index in [9.17, 15) is 22.6 Å². The molecule has 8 nitrogen and oxygen atoms in total. The predicted molar refractivity (Wildman–Crippen MR) is 147 cm³/mol. The van der Waals surface area contributed by atoms with Gasteiger partial charge in [0.2, 0.25) is 0 Å². The number of hydrogen-bond donors (Lipinski definition) is 2. The number of carbonyl (C=O) groups excluding carboxylic acids is 1. The van der Waals surface area contributed by atoms with Gasteiger partial charge >= 0.3 is 12.1 Å². The van der Waals surface area contributed by atoms with E-state index in [4.69, 9.17) is 14.6 Å². The van der Waals surface area contributed by atoms with Crippen molar-refractivity contribution in [2.75, 3.05) is 13.2 Å². The molecular weight excluding hydrogens is 561 g/mol. The number of nitrogens with zero attached hydrogens (tertiary/aromatic N) is 1. The van der Waals surface area contributed by atoms with Crippen LogP contribution >= 0.6 is 0 Å². The first-order chi connectivity index (χ1) is 19.3. The topological polar surface area (TPSA) is 105 Å². The van der Waals surface area contributed by atoms with Crippen molar-refractivity contribution in [3.05, 3.63) is 53.6 Å². The lowest BCUT2D eigenvalue weighted by Crippen LogP contribution is -2.58. The number of carboxylic acid groups (broad SMARTS) is 1. The first-order valence-corrected chi connectivity index (χ1v) is 14.7. The lowest BCUT2D eigenvalue weighted by Gasteiger charge is -2.42. The number of aliphatic carboxylic acids is 1. The van der Waals surface area contributed by atoms with E-state index in [0.717, 1.165) is 6.07 Å². The smallest absolute Gasteiger partial charge is 0.410 e. The molecule has 224 valence electrons. The number of amides is 1. The first-order valence-electron chi connectivity index (χ1n) is 13.6. The zero-order valence-electron chi connectivity index (χ0n) is 23.3. The van der Waals surface area contributed by atoms with Crippen LogP contribution in [0.25, 0.3) is 11.1 Å². The van der Waals surface area contributed by atoms with E-state index in [-0.39, 0.29) is 54.7 Å². The summed E-state index contributed by atoms with van der Waals surface area (Å²) in [5.74, 6) is -2.85. The second-order valence-corrected chi connectivity index (χ2v) is 12.9. The average Bonchev–Trinajstić information content (AvgIpc) is 3.64. The number of nitrogens with one attached hydrogen (secondary N) is 1. The lowest BCUT2D eigenvalue weighted by molar-refractivity contribution is -0.137. The summed E-state index contributed by atoms with van der Waals surface area (Å²) in [4.78, 5) is 25.6. The van der Waals surface area contributed by atoms with E-state index in [0.29, 0.717) is 19.4 Å². The van der Waals surface area contributed by atoms with E-state index in [1.807, 2.05) is 0 Å². The molecule has 2 aromatic rings. The molecule has 2 fully saturated rings. The largest absolute Gasteiger partial charge is 0.489 e. The first kappa shape index (κ1) is 30.8. The van der Waals surface area contributed by atoms with Crippen molar-refractivity contribution < 1.29 is 41.5 Å². The van der Waals surface area contributed by atoms with E-state index < -0.39 is 57.4 Å². The molecule has 1 aliphatic heterocycles. The molecule has 4 rings (SSSR count). The Kier molecular flexibility index (Phi) is 9.32. The normalized spacial score (nSPS) is 20.8. The molecule has 41 heavy (non-hydrogen) atoms. The summed E-state index contributed by atoms with van der Waals surface area (Å²) in [7, 11) is -1.99. The third-order valence-corrected chi connectivity index (χ3v) is 8.56. The molecule has 1 saturated carbocycles. The van der Waals surface area contributed by atoms with E-state index >= 15 is 4.39 Å². The Balaban J connectivity index is 1.67. The summed E-state index contributed by atoms with van der Waals surface area (Å²) < 4.78 is 72.0. The number of hydrogen-bond acceptors (Lipinski definition) is 5.